The van der Waals surface area contributed by atoms with Crippen molar-refractivity contribution >= 4 is 27.6 Å². The summed E-state index contributed by atoms with van der Waals surface area (Å²) in [5.74, 6) is 1.09. The van der Waals surface area contributed by atoms with E-state index in [0.717, 1.165) is 49.6 Å². The van der Waals surface area contributed by atoms with E-state index in [4.69, 9.17) is 10.1 Å². The lowest BCUT2D eigenvalue weighted by atomic mass is 10.1. The first-order chi connectivity index (χ1) is 13.3. The van der Waals surface area contributed by atoms with Gasteiger partial charge in [-0.25, -0.2) is 0 Å². The van der Waals surface area contributed by atoms with E-state index in [9.17, 15) is 0 Å². The molecule has 5 rings (SSSR count). The van der Waals surface area contributed by atoms with Crippen molar-refractivity contribution in [2.45, 2.75) is 6.54 Å². The second kappa shape index (κ2) is 6.67. The predicted molar refractivity (Wildman–Crippen MR) is 110 cm³/mol. The molecule has 2 aromatic heterocycles. The van der Waals surface area contributed by atoms with E-state index < -0.39 is 0 Å². The van der Waals surface area contributed by atoms with Gasteiger partial charge in [0, 0.05) is 31.6 Å². The molecule has 136 valence electrons. The molecule has 4 aromatic rings. The highest BCUT2D eigenvalue weighted by Crippen LogP contribution is 2.33. The smallest absolute Gasteiger partial charge is 0.159 e. The number of rotatable bonds is 3. The van der Waals surface area contributed by atoms with E-state index in [1.165, 1.54) is 16.3 Å². The highest BCUT2D eigenvalue weighted by atomic mass is 15.4. The minimum absolute atomic E-state index is 0.755. The Bertz CT molecular complexity index is 1080. The molecule has 1 fully saturated rings. The number of para-hydroxylation sites is 1. The number of aromatic nitrogens is 3. The van der Waals surface area contributed by atoms with E-state index in [1.807, 2.05) is 12.3 Å². The van der Waals surface area contributed by atoms with Gasteiger partial charge >= 0.3 is 0 Å². The molecule has 27 heavy (non-hydrogen) atoms. The Balaban J connectivity index is 1.68. The quantitative estimate of drug-likeness (QED) is 0.563. The normalized spacial score (nSPS) is 15.7. The molecule has 0 amide bonds. The predicted octanol–water partition coefficient (Wildman–Crippen LogP) is 3.38. The topological polar surface area (TPSA) is 37.2 Å². The van der Waals surface area contributed by atoms with Crippen LogP contribution in [0.1, 0.15) is 5.56 Å². The molecule has 0 radical (unpaired) electrons. The van der Waals surface area contributed by atoms with Crippen LogP contribution in [-0.4, -0.2) is 52.9 Å². The van der Waals surface area contributed by atoms with Gasteiger partial charge in [0.05, 0.1) is 29.2 Å². The molecule has 2 aromatic carbocycles. The number of likely N-dealkylation sites (N-methyl/N-ethyl adjacent to an activating group) is 1. The number of benzene rings is 2. The third kappa shape index (κ3) is 2.94. The molecule has 0 N–H and O–H groups in total. The van der Waals surface area contributed by atoms with Crippen molar-refractivity contribution in [3.8, 4) is 0 Å². The summed E-state index contributed by atoms with van der Waals surface area (Å²) in [7, 11) is 2.18. The van der Waals surface area contributed by atoms with Crippen LogP contribution >= 0.6 is 0 Å². The molecule has 5 nitrogen and oxygen atoms in total. The number of fused-ring (bicyclic) bond motifs is 3. The van der Waals surface area contributed by atoms with E-state index >= 15 is 0 Å². The fraction of sp³-hybridized carbons (Fsp3) is 0.273. The fourth-order valence-electron chi connectivity index (χ4n) is 3.90. The summed E-state index contributed by atoms with van der Waals surface area (Å²) in [5, 5.41) is 7.47. The van der Waals surface area contributed by atoms with Crippen molar-refractivity contribution in [3.05, 3.63) is 66.4 Å². The van der Waals surface area contributed by atoms with Gasteiger partial charge in [-0.15, -0.1) is 0 Å². The minimum Gasteiger partial charge on any atom is -0.352 e. The molecular formula is C22H23N5. The maximum absolute atomic E-state index is 5.07. The number of piperazine rings is 1. The van der Waals surface area contributed by atoms with Crippen LogP contribution in [0.5, 0.6) is 0 Å². The van der Waals surface area contributed by atoms with Gasteiger partial charge < -0.3 is 9.80 Å². The first-order valence-corrected chi connectivity index (χ1v) is 9.51. The molecule has 1 saturated heterocycles. The van der Waals surface area contributed by atoms with Crippen LogP contribution in [0.4, 0.5) is 5.82 Å². The van der Waals surface area contributed by atoms with E-state index in [0.29, 0.717) is 0 Å². The van der Waals surface area contributed by atoms with Gasteiger partial charge in [0.25, 0.3) is 0 Å². The zero-order chi connectivity index (χ0) is 18.2. The standard InChI is InChI=1S/C22H23N5/c1-25-11-13-26(14-12-25)22-21-18-9-5-6-10-19(18)23-15-20(21)27(24-22)16-17-7-3-2-4-8-17/h2-10,15H,11-14,16H2,1H3. The first kappa shape index (κ1) is 16.3. The van der Waals surface area contributed by atoms with Crippen LogP contribution in [0.25, 0.3) is 21.8 Å². The van der Waals surface area contributed by atoms with Crippen molar-refractivity contribution < 1.29 is 0 Å². The minimum atomic E-state index is 0.755. The van der Waals surface area contributed by atoms with E-state index in [2.05, 4.69) is 70.1 Å². The Morgan fingerprint density at radius 3 is 2.44 bits per heavy atom. The first-order valence-electron chi connectivity index (χ1n) is 9.51. The van der Waals surface area contributed by atoms with Crippen molar-refractivity contribution in [2.75, 3.05) is 38.1 Å². The van der Waals surface area contributed by atoms with Crippen molar-refractivity contribution in [1.29, 1.82) is 0 Å². The maximum Gasteiger partial charge on any atom is 0.159 e. The van der Waals surface area contributed by atoms with Gasteiger partial charge in [-0.1, -0.05) is 48.5 Å². The molecule has 0 aliphatic carbocycles. The average molecular weight is 357 g/mol. The summed E-state index contributed by atoms with van der Waals surface area (Å²) in [6.07, 6.45) is 1.98. The zero-order valence-corrected chi connectivity index (χ0v) is 15.5. The van der Waals surface area contributed by atoms with Gasteiger partial charge in [0.15, 0.2) is 5.82 Å². The second-order valence-electron chi connectivity index (χ2n) is 7.29. The summed E-state index contributed by atoms with van der Waals surface area (Å²) < 4.78 is 2.11. The molecular weight excluding hydrogens is 334 g/mol. The lowest BCUT2D eigenvalue weighted by Gasteiger charge is -2.32. The van der Waals surface area contributed by atoms with Crippen LogP contribution in [0.3, 0.4) is 0 Å². The molecule has 3 heterocycles. The second-order valence-corrected chi connectivity index (χ2v) is 7.29. The number of hydrogen-bond donors (Lipinski definition) is 0. The molecule has 0 spiro atoms. The molecule has 0 atom stereocenters. The van der Waals surface area contributed by atoms with Crippen LogP contribution in [0, 0.1) is 0 Å². The highest BCUT2D eigenvalue weighted by Gasteiger charge is 2.22. The molecule has 1 aliphatic heterocycles. The van der Waals surface area contributed by atoms with Gasteiger partial charge in [-0.3, -0.25) is 9.67 Å². The van der Waals surface area contributed by atoms with Crippen LogP contribution < -0.4 is 4.90 Å². The Hall–Kier alpha value is -2.92. The average Bonchev–Trinajstić information content (AvgIpc) is 3.08. The third-order valence-electron chi connectivity index (χ3n) is 5.45. The zero-order valence-electron chi connectivity index (χ0n) is 15.5. The third-order valence-corrected chi connectivity index (χ3v) is 5.45. The Labute approximate surface area is 158 Å². The largest absolute Gasteiger partial charge is 0.352 e. The lowest BCUT2D eigenvalue weighted by molar-refractivity contribution is 0.312. The van der Waals surface area contributed by atoms with Crippen LogP contribution in [0.15, 0.2) is 60.8 Å². The van der Waals surface area contributed by atoms with Crippen LogP contribution in [0.2, 0.25) is 0 Å². The van der Waals surface area contributed by atoms with E-state index in [1.54, 1.807) is 0 Å². The lowest BCUT2D eigenvalue weighted by Crippen LogP contribution is -2.44. The monoisotopic (exact) mass is 357 g/mol. The summed E-state index contributed by atoms with van der Waals surface area (Å²) >= 11 is 0. The molecule has 0 unspecified atom stereocenters. The number of pyridine rings is 1. The molecule has 5 heteroatoms. The SMILES string of the molecule is CN1CCN(c2nn(Cc3ccccc3)c3cnc4ccccc4c23)CC1. The summed E-state index contributed by atoms with van der Waals surface area (Å²) in [6, 6.07) is 18.9. The number of hydrogen-bond acceptors (Lipinski definition) is 4. The number of anilines is 1. The van der Waals surface area contributed by atoms with Crippen molar-refractivity contribution in [3.63, 3.8) is 0 Å². The van der Waals surface area contributed by atoms with E-state index in [-0.39, 0.29) is 0 Å². The van der Waals surface area contributed by atoms with Gasteiger partial charge in [-0.05, 0) is 18.7 Å². The van der Waals surface area contributed by atoms with Crippen molar-refractivity contribution in [1.82, 2.24) is 19.7 Å². The molecule has 0 bridgehead atoms. The Morgan fingerprint density at radius 2 is 1.63 bits per heavy atom. The van der Waals surface area contributed by atoms with Gasteiger partial charge in [0.1, 0.15) is 0 Å². The fourth-order valence-corrected chi connectivity index (χ4v) is 3.90. The van der Waals surface area contributed by atoms with Crippen LogP contribution in [-0.2, 0) is 6.54 Å². The maximum atomic E-state index is 5.07. The van der Waals surface area contributed by atoms with Gasteiger partial charge in [0.2, 0.25) is 0 Å². The summed E-state index contributed by atoms with van der Waals surface area (Å²) in [5.41, 5.74) is 3.38. The molecule has 1 aliphatic rings. The summed E-state index contributed by atoms with van der Waals surface area (Å²) in [6.45, 7) is 4.90. The Kier molecular flexibility index (Phi) is 4.02. The molecule has 0 saturated carbocycles. The highest BCUT2D eigenvalue weighted by molar-refractivity contribution is 6.10. The van der Waals surface area contributed by atoms with Crippen molar-refractivity contribution in [2.24, 2.45) is 0 Å². The summed E-state index contributed by atoms with van der Waals surface area (Å²) in [4.78, 5) is 9.50. The van der Waals surface area contributed by atoms with Gasteiger partial charge in [-0.2, -0.15) is 5.10 Å². The Morgan fingerprint density at radius 1 is 0.889 bits per heavy atom. The number of nitrogens with zero attached hydrogens (tertiary/aromatic N) is 5.